The van der Waals surface area contributed by atoms with Crippen LogP contribution in [0.3, 0.4) is 0 Å². The van der Waals surface area contributed by atoms with Crippen LogP contribution >= 0.6 is 15.6 Å². The molecule has 0 aromatic rings. The standard InChI is InChI=1S/3Ca.2H3O4P.Pb.8H/c;;;2*1-5(2,3)4;;;;;;;;;/h;;;2*(H3,1,2,3,4);;;;;;;;;. The van der Waals surface area contributed by atoms with Gasteiger partial charge in [-0.15, -0.1) is 0 Å². The fraction of sp³-hybridized carbons (Fsp3) is 0. The van der Waals surface area contributed by atoms with Crippen LogP contribution in [0.4, 0.5) is 0 Å². The summed E-state index contributed by atoms with van der Waals surface area (Å²) in [6, 6.07) is 0. The topological polar surface area (TPSA) is 156 Å². The summed E-state index contributed by atoms with van der Waals surface area (Å²) in [6.45, 7) is 0. The van der Waals surface area contributed by atoms with Gasteiger partial charge in [-0.3, -0.25) is 0 Å². The van der Waals surface area contributed by atoms with Gasteiger partial charge in [-0.1, -0.05) is 0 Å². The Hall–Kier alpha value is 4.92. The van der Waals surface area contributed by atoms with Crippen molar-refractivity contribution in [2.24, 2.45) is 0 Å². The van der Waals surface area contributed by atoms with Gasteiger partial charge in [0.15, 0.2) is 0 Å². The van der Waals surface area contributed by atoms with E-state index in [1.54, 1.807) is 0 Å². The third-order valence-corrected chi connectivity index (χ3v) is 0. The molecule has 2 radical (unpaired) electrons. The number of rotatable bonds is 0. The van der Waals surface area contributed by atoms with E-state index in [9.17, 15) is 0 Å². The predicted octanol–water partition coefficient (Wildman–Crippen LogP) is -5.52. The molecular weight excluding hydrogens is 517 g/mol. The van der Waals surface area contributed by atoms with Crippen LogP contribution in [0.25, 0.3) is 0 Å². The molecule has 14 heavy (non-hydrogen) atoms. The Morgan fingerprint density at radius 2 is 0.571 bits per heavy atom. The van der Waals surface area contributed by atoms with Crippen LogP contribution in [0.15, 0.2) is 0 Å². The first-order chi connectivity index (χ1) is 4.00. The van der Waals surface area contributed by atoms with Crippen molar-refractivity contribution in [3.05, 3.63) is 0 Å². The quantitative estimate of drug-likeness (QED) is 0.134. The Bertz CT molecular complexity index is 135. The van der Waals surface area contributed by atoms with Gasteiger partial charge in [0.05, 0.1) is 0 Å². The molecule has 8 nitrogen and oxygen atoms in total. The van der Waals surface area contributed by atoms with Crippen LogP contribution in [0.2, 0.25) is 0 Å². The normalized spacial score (nSPS) is 8.43. The van der Waals surface area contributed by atoms with Gasteiger partial charge in [0.2, 0.25) is 0 Å². The molecule has 0 saturated heterocycles. The summed E-state index contributed by atoms with van der Waals surface area (Å²) in [5.41, 5.74) is 0. The Balaban J connectivity index is -0.0000000178. The first kappa shape index (κ1) is 36.4. The van der Waals surface area contributed by atoms with Crippen molar-refractivity contribution in [2.45, 2.75) is 0 Å². The van der Waals surface area contributed by atoms with Gasteiger partial charge in [0.25, 0.3) is 0 Å². The molecule has 0 spiro atoms. The summed E-state index contributed by atoms with van der Waals surface area (Å²) >= 11 is 0. The Morgan fingerprint density at radius 3 is 0.571 bits per heavy atom. The predicted molar refractivity (Wildman–Crippen MR) is 62.7 cm³/mol. The van der Waals surface area contributed by atoms with E-state index in [4.69, 9.17) is 38.5 Å². The van der Waals surface area contributed by atoms with E-state index in [0.717, 1.165) is 0 Å². The summed E-state index contributed by atoms with van der Waals surface area (Å²) in [5.74, 6) is 0. The first-order valence-electron chi connectivity index (χ1n) is 1.57. The molecule has 0 bridgehead atoms. The minimum absolute atomic E-state index is 0. The fourth-order valence-electron chi connectivity index (χ4n) is 0. The molecule has 0 saturated carbocycles. The van der Waals surface area contributed by atoms with E-state index in [1.807, 2.05) is 0 Å². The van der Waals surface area contributed by atoms with Crippen molar-refractivity contribution in [2.75, 3.05) is 0 Å². The van der Waals surface area contributed by atoms with Crippen LogP contribution in [-0.4, -0.2) is 170 Å². The molecule has 0 heterocycles. The monoisotopic (exact) mass is 532 g/mol. The third kappa shape index (κ3) is 177. The molecule has 0 aromatic carbocycles. The van der Waals surface area contributed by atoms with Crippen molar-refractivity contribution in [3.8, 4) is 0 Å². The van der Waals surface area contributed by atoms with E-state index >= 15 is 0 Å². The Kier molecular flexibility index (Phi) is 46.6. The van der Waals surface area contributed by atoms with Gasteiger partial charge < -0.3 is 29.4 Å². The van der Waals surface area contributed by atoms with Crippen LogP contribution in [0.1, 0.15) is 0 Å². The number of phosphoric acid groups is 2. The number of hydrogen-bond acceptors (Lipinski definition) is 2. The maximum atomic E-state index is 8.88. The third-order valence-electron chi connectivity index (χ3n) is 0. The molecule has 0 rings (SSSR count). The zero-order valence-corrected chi connectivity index (χ0v) is 12.4. The van der Waals surface area contributed by atoms with Gasteiger partial charge in [-0.2, -0.15) is 0 Å². The molecule has 6 N–H and O–H groups in total. The van der Waals surface area contributed by atoms with Crippen molar-refractivity contribution in [1.82, 2.24) is 0 Å². The molecule has 0 aliphatic rings. The van der Waals surface area contributed by atoms with Crippen molar-refractivity contribution in [1.29, 1.82) is 0 Å². The average molecular weight is 531 g/mol. The SMILES string of the molecule is O=P(O)(O)O.O=P(O)(O)O.[CaH2].[CaH2].[CaH2].[PbH2]. The van der Waals surface area contributed by atoms with Gasteiger partial charge in [0, 0.05) is 0 Å². The summed E-state index contributed by atoms with van der Waals surface area (Å²) in [5, 5.41) is 0. The maximum absolute atomic E-state index is 8.88. The zero-order chi connectivity index (χ0) is 9.00. The molecule has 0 fully saturated rings. The Labute approximate surface area is 190 Å². The molecule has 0 aliphatic heterocycles. The minimum atomic E-state index is -4.64. The van der Waals surface area contributed by atoms with Crippen LogP contribution in [0, 0.1) is 0 Å². The molecule has 82 valence electrons. The summed E-state index contributed by atoms with van der Waals surface area (Å²) in [4.78, 5) is 43.1. The molecule has 14 heteroatoms. The van der Waals surface area contributed by atoms with E-state index in [2.05, 4.69) is 0 Å². The van der Waals surface area contributed by atoms with E-state index < -0.39 is 15.6 Å². The van der Waals surface area contributed by atoms with Crippen molar-refractivity contribution < 1.29 is 38.5 Å². The van der Waals surface area contributed by atoms with Crippen molar-refractivity contribution >= 4 is 156 Å². The second-order valence-electron chi connectivity index (χ2n) is 1.03. The van der Waals surface area contributed by atoms with Crippen LogP contribution < -0.4 is 0 Å². The average Bonchev–Trinajstić information content (AvgIpc) is 1.12. The van der Waals surface area contributed by atoms with E-state index in [1.165, 1.54) is 0 Å². The number of hydrogen-bond donors (Lipinski definition) is 6. The summed E-state index contributed by atoms with van der Waals surface area (Å²) in [6.07, 6.45) is 0. The van der Waals surface area contributed by atoms with E-state index in [0.29, 0.717) is 0 Å². The van der Waals surface area contributed by atoms with Crippen LogP contribution in [-0.2, 0) is 9.13 Å². The first-order valence-corrected chi connectivity index (χ1v) is 4.70. The second kappa shape index (κ2) is 17.9. The van der Waals surface area contributed by atoms with Crippen LogP contribution in [0.5, 0.6) is 0 Å². The van der Waals surface area contributed by atoms with Crippen molar-refractivity contribution in [3.63, 3.8) is 0 Å². The molecule has 0 aromatic heterocycles. The Morgan fingerprint density at radius 1 is 0.571 bits per heavy atom. The molecule has 0 atom stereocenters. The van der Waals surface area contributed by atoms with Gasteiger partial charge >= 0.3 is 156 Å². The van der Waals surface area contributed by atoms with Gasteiger partial charge in [0.1, 0.15) is 0 Å². The molecular formula is H14Ca3O8P2Pb. The van der Waals surface area contributed by atoms with E-state index in [-0.39, 0.29) is 141 Å². The molecule has 0 aliphatic carbocycles. The zero-order valence-electron chi connectivity index (χ0n) is 5.10. The molecule has 0 amide bonds. The molecule has 0 unspecified atom stereocenters. The summed E-state index contributed by atoms with van der Waals surface area (Å²) in [7, 11) is -9.28. The van der Waals surface area contributed by atoms with Gasteiger partial charge in [-0.05, 0) is 0 Å². The fourth-order valence-corrected chi connectivity index (χ4v) is 0. The summed E-state index contributed by atoms with van der Waals surface area (Å²) < 4.78 is 17.8. The van der Waals surface area contributed by atoms with Gasteiger partial charge in [-0.25, -0.2) is 9.13 Å². The second-order valence-corrected chi connectivity index (χ2v) is 3.08.